The van der Waals surface area contributed by atoms with Crippen LogP contribution in [-0.4, -0.2) is 16.0 Å². The summed E-state index contributed by atoms with van der Waals surface area (Å²) in [4.78, 5) is 26.3. The third-order valence-corrected chi connectivity index (χ3v) is 3.17. The van der Waals surface area contributed by atoms with E-state index in [1.54, 1.807) is 24.3 Å². The predicted octanol–water partition coefficient (Wildman–Crippen LogP) is 2.75. The number of aromatic nitrogens is 1. The number of para-hydroxylation sites is 1. The molecule has 0 spiro atoms. The van der Waals surface area contributed by atoms with Gasteiger partial charge in [-0.15, -0.1) is 0 Å². The molecule has 106 valence electrons. The van der Waals surface area contributed by atoms with E-state index in [4.69, 9.17) is 0 Å². The Bertz CT molecular complexity index is 676. The van der Waals surface area contributed by atoms with Crippen LogP contribution in [0.4, 0.5) is 5.69 Å². The van der Waals surface area contributed by atoms with Gasteiger partial charge in [-0.3, -0.25) is 9.59 Å². The molecule has 0 atom stereocenters. The fraction of sp³-hybridized carbons (Fsp3) is 0.333. The van der Waals surface area contributed by atoms with Crippen LogP contribution in [0.25, 0.3) is 10.9 Å². The zero-order valence-electron chi connectivity index (χ0n) is 11.4. The highest BCUT2D eigenvalue weighted by atomic mass is 16.3. The van der Waals surface area contributed by atoms with Crippen LogP contribution >= 0.6 is 0 Å². The maximum atomic E-state index is 11.9. The Morgan fingerprint density at radius 2 is 2.05 bits per heavy atom. The quantitative estimate of drug-likeness (QED) is 0.733. The first-order valence-corrected chi connectivity index (χ1v) is 6.77. The van der Waals surface area contributed by atoms with E-state index in [-0.39, 0.29) is 17.3 Å². The normalized spacial score (nSPS) is 10.7. The van der Waals surface area contributed by atoms with E-state index < -0.39 is 5.56 Å². The Hall–Kier alpha value is -2.30. The Balaban J connectivity index is 2.26. The van der Waals surface area contributed by atoms with Crippen LogP contribution in [0.15, 0.2) is 29.1 Å². The molecule has 3 N–H and O–H groups in total. The maximum Gasteiger partial charge on any atom is 0.276 e. The molecule has 2 rings (SSSR count). The molecule has 0 aliphatic rings. The minimum atomic E-state index is -0.495. The number of hydrogen-bond donors (Lipinski definition) is 3. The fourth-order valence-corrected chi connectivity index (χ4v) is 2.08. The molecule has 1 heterocycles. The molecule has 0 radical (unpaired) electrons. The lowest BCUT2D eigenvalue weighted by Crippen LogP contribution is -2.19. The van der Waals surface area contributed by atoms with Gasteiger partial charge in [0.2, 0.25) is 5.91 Å². The standard InChI is InChI=1S/C15H18N2O3/c1-2-3-4-9-12(18)17-13-14(19)10-7-5-6-8-11(10)16-15(13)20/h5-8H,2-4,9H2,1H3,(H,17,18)(H2,16,19,20). The van der Waals surface area contributed by atoms with Gasteiger partial charge in [0.25, 0.3) is 5.56 Å². The van der Waals surface area contributed by atoms with Gasteiger partial charge in [0, 0.05) is 11.8 Å². The van der Waals surface area contributed by atoms with Crippen LogP contribution in [-0.2, 0) is 4.79 Å². The molecule has 0 saturated carbocycles. The highest BCUT2D eigenvalue weighted by molar-refractivity contribution is 5.97. The summed E-state index contributed by atoms with van der Waals surface area (Å²) in [6.45, 7) is 2.05. The highest BCUT2D eigenvalue weighted by Gasteiger charge is 2.13. The summed E-state index contributed by atoms with van der Waals surface area (Å²) >= 11 is 0. The van der Waals surface area contributed by atoms with Crippen LogP contribution in [0.5, 0.6) is 5.75 Å². The number of carbonyl (C=O) groups is 1. The number of rotatable bonds is 5. The summed E-state index contributed by atoms with van der Waals surface area (Å²) in [5.41, 5.74) is -0.0331. The van der Waals surface area contributed by atoms with E-state index in [0.717, 1.165) is 19.3 Å². The van der Waals surface area contributed by atoms with Crippen molar-refractivity contribution in [3.05, 3.63) is 34.6 Å². The van der Waals surface area contributed by atoms with Crippen LogP contribution in [0.1, 0.15) is 32.6 Å². The van der Waals surface area contributed by atoms with E-state index in [1.165, 1.54) is 0 Å². The molecule has 20 heavy (non-hydrogen) atoms. The zero-order chi connectivity index (χ0) is 14.5. The first kappa shape index (κ1) is 14.1. The zero-order valence-corrected chi connectivity index (χ0v) is 11.4. The average Bonchev–Trinajstić information content (AvgIpc) is 2.44. The Kier molecular flexibility index (Phi) is 4.40. The molecule has 1 aromatic heterocycles. The van der Waals surface area contributed by atoms with Crippen LogP contribution < -0.4 is 10.9 Å². The van der Waals surface area contributed by atoms with E-state index in [2.05, 4.69) is 17.2 Å². The minimum absolute atomic E-state index is 0.0785. The first-order chi connectivity index (χ1) is 9.63. The number of aromatic amines is 1. The number of unbranched alkanes of at least 4 members (excludes halogenated alkanes) is 2. The van der Waals surface area contributed by atoms with E-state index >= 15 is 0 Å². The molecule has 0 aliphatic heterocycles. The summed E-state index contributed by atoms with van der Waals surface area (Å²) in [5, 5.41) is 13.1. The monoisotopic (exact) mass is 274 g/mol. The smallest absolute Gasteiger partial charge is 0.276 e. The maximum absolute atomic E-state index is 11.9. The molecule has 0 bridgehead atoms. The molecule has 0 aliphatic carbocycles. The first-order valence-electron chi connectivity index (χ1n) is 6.77. The Labute approximate surface area is 116 Å². The lowest BCUT2D eigenvalue weighted by atomic mass is 10.1. The van der Waals surface area contributed by atoms with Crippen molar-refractivity contribution in [3.63, 3.8) is 0 Å². The fourth-order valence-electron chi connectivity index (χ4n) is 2.08. The largest absolute Gasteiger partial charge is 0.505 e. The average molecular weight is 274 g/mol. The number of hydrogen-bond acceptors (Lipinski definition) is 3. The molecule has 0 saturated heterocycles. The molecule has 2 aromatic rings. The van der Waals surface area contributed by atoms with Crippen molar-refractivity contribution in [1.29, 1.82) is 0 Å². The highest BCUT2D eigenvalue weighted by Crippen LogP contribution is 2.27. The molecule has 1 amide bonds. The number of pyridine rings is 1. The van der Waals surface area contributed by atoms with Gasteiger partial charge in [-0.05, 0) is 18.6 Å². The second kappa shape index (κ2) is 6.23. The summed E-state index contributed by atoms with van der Waals surface area (Å²) in [5.74, 6) is -0.442. The van der Waals surface area contributed by atoms with Crippen LogP contribution in [0, 0.1) is 0 Å². The third-order valence-electron chi connectivity index (χ3n) is 3.17. The number of fused-ring (bicyclic) bond motifs is 1. The van der Waals surface area contributed by atoms with Gasteiger partial charge in [-0.25, -0.2) is 0 Å². The van der Waals surface area contributed by atoms with Gasteiger partial charge in [-0.2, -0.15) is 0 Å². The van der Waals surface area contributed by atoms with Crippen molar-refractivity contribution < 1.29 is 9.90 Å². The van der Waals surface area contributed by atoms with Gasteiger partial charge in [-0.1, -0.05) is 31.9 Å². The number of nitrogens with one attached hydrogen (secondary N) is 2. The van der Waals surface area contributed by atoms with Crippen molar-refractivity contribution in [2.24, 2.45) is 0 Å². The van der Waals surface area contributed by atoms with E-state index in [1.807, 2.05) is 0 Å². The summed E-state index contributed by atoms with van der Waals surface area (Å²) < 4.78 is 0. The second-order valence-corrected chi connectivity index (χ2v) is 4.73. The lowest BCUT2D eigenvalue weighted by Gasteiger charge is -2.08. The Morgan fingerprint density at radius 1 is 1.30 bits per heavy atom. The SMILES string of the molecule is CCCCCC(=O)Nc1c(O)c2ccccc2[nH]c1=O. The lowest BCUT2D eigenvalue weighted by molar-refractivity contribution is -0.116. The molecular weight excluding hydrogens is 256 g/mol. The summed E-state index contributed by atoms with van der Waals surface area (Å²) in [7, 11) is 0. The van der Waals surface area contributed by atoms with Gasteiger partial charge in [0.05, 0.1) is 5.52 Å². The number of benzene rings is 1. The molecular formula is C15H18N2O3. The second-order valence-electron chi connectivity index (χ2n) is 4.73. The minimum Gasteiger partial charge on any atom is -0.505 e. The van der Waals surface area contributed by atoms with Crippen LogP contribution in [0.3, 0.4) is 0 Å². The van der Waals surface area contributed by atoms with E-state index in [0.29, 0.717) is 17.3 Å². The van der Waals surface area contributed by atoms with Gasteiger partial charge in [0.1, 0.15) is 5.69 Å². The molecule has 5 heteroatoms. The molecule has 5 nitrogen and oxygen atoms in total. The number of aromatic hydroxyl groups is 1. The third kappa shape index (κ3) is 2.99. The van der Waals surface area contributed by atoms with Crippen molar-refractivity contribution >= 4 is 22.5 Å². The van der Waals surface area contributed by atoms with Crippen molar-refractivity contribution in [2.75, 3.05) is 5.32 Å². The summed E-state index contributed by atoms with van der Waals surface area (Å²) in [6, 6.07) is 6.91. The number of H-pyrrole nitrogens is 1. The van der Waals surface area contributed by atoms with Crippen LogP contribution in [0.2, 0.25) is 0 Å². The van der Waals surface area contributed by atoms with Gasteiger partial charge >= 0.3 is 0 Å². The van der Waals surface area contributed by atoms with E-state index in [9.17, 15) is 14.7 Å². The number of anilines is 1. The van der Waals surface area contributed by atoms with Gasteiger partial charge < -0.3 is 15.4 Å². The molecule has 0 fully saturated rings. The predicted molar refractivity (Wildman–Crippen MR) is 79.0 cm³/mol. The molecule has 1 aromatic carbocycles. The number of carbonyl (C=O) groups excluding carboxylic acids is 1. The molecule has 0 unspecified atom stereocenters. The Morgan fingerprint density at radius 3 is 2.80 bits per heavy atom. The van der Waals surface area contributed by atoms with Crippen molar-refractivity contribution in [3.8, 4) is 5.75 Å². The van der Waals surface area contributed by atoms with Crippen molar-refractivity contribution in [1.82, 2.24) is 4.98 Å². The van der Waals surface area contributed by atoms with Crippen molar-refractivity contribution in [2.45, 2.75) is 32.6 Å². The number of amides is 1. The topological polar surface area (TPSA) is 82.2 Å². The van der Waals surface area contributed by atoms with Gasteiger partial charge in [0.15, 0.2) is 5.75 Å². The summed E-state index contributed by atoms with van der Waals surface area (Å²) in [6.07, 6.45) is 3.11.